The fourth-order valence-corrected chi connectivity index (χ4v) is 7.88. The lowest BCUT2D eigenvalue weighted by atomic mass is 10.0. The largest absolute Gasteiger partial charge is 0.310 e. The third-order valence-corrected chi connectivity index (χ3v) is 10.3. The number of nitrogens with zero attached hydrogens (tertiary/aromatic N) is 3. The summed E-state index contributed by atoms with van der Waals surface area (Å²) >= 11 is 0. The Bertz CT molecular complexity index is 2850. The second kappa shape index (κ2) is 12.9. The van der Waals surface area contributed by atoms with E-state index in [0.29, 0.717) is 0 Å². The topological polar surface area (TPSA) is 13.1 Å². The molecule has 0 spiro atoms. The van der Waals surface area contributed by atoms with Gasteiger partial charge in [-0.3, -0.25) is 9.13 Å². The summed E-state index contributed by atoms with van der Waals surface area (Å²) in [5.41, 5.74) is 13.9. The quantitative estimate of drug-likeness (QED) is 0.164. The zero-order chi connectivity index (χ0) is 35.1. The maximum absolute atomic E-state index is 2.44. The Morgan fingerprint density at radius 1 is 0.302 bits per heavy atom. The lowest BCUT2D eigenvalue weighted by molar-refractivity contribution is 1.07. The van der Waals surface area contributed by atoms with Crippen molar-refractivity contribution in [2.45, 2.75) is 0 Å². The van der Waals surface area contributed by atoms with Gasteiger partial charge in [-0.05, 0) is 95.1 Å². The molecular weight excluding hydrogens is 643 g/mol. The van der Waals surface area contributed by atoms with Crippen molar-refractivity contribution in [3.05, 3.63) is 212 Å². The number of para-hydroxylation sites is 4. The van der Waals surface area contributed by atoms with Crippen LogP contribution in [0.25, 0.3) is 66.5 Å². The summed E-state index contributed by atoms with van der Waals surface area (Å²) < 4.78 is 4.86. The summed E-state index contributed by atoms with van der Waals surface area (Å²) in [7, 11) is 0. The highest BCUT2D eigenvalue weighted by atomic mass is 15.1. The van der Waals surface area contributed by atoms with Gasteiger partial charge in [-0.25, -0.2) is 0 Å². The monoisotopic (exact) mass is 677 g/mol. The van der Waals surface area contributed by atoms with Gasteiger partial charge in [0, 0.05) is 44.6 Å². The van der Waals surface area contributed by atoms with Gasteiger partial charge in [0.15, 0.2) is 0 Å². The number of hydrogen-bond acceptors (Lipinski definition) is 1. The first kappa shape index (κ1) is 30.7. The summed E-state index contributed by atoms with van der Waals surface area (Å²) in [6, 6.07) is 76.2. The summed E-state index contributed by atoms with van der Waals surface area (Å²) in [5.74, 6) is 0. The van der Waals surface area contributed by atoms with Crippen LogP contribution in [0.1, 0.15) is 0 Å². The molecule has 0 N–H and O–H groups in total. The molecule has 2 heterocycles. The van der Waals surface area contributed by atoms with Gasteiger partial charge >= 0.3 is 0 Å². The highest BCUT2D eigenvalue weighted by molar-refractivity contribution is 6.22. The minimum Gasteiger partial charge on any atom is -0.310 e. The average Bonchev–Trinajstić information content (AvgIpc) is 3.75. The molecule has 0 bridgehead atoms. The summed E-state index contributed by atoms with van der Waals surface area (Å²) in [5, 5.41) is 3.74. The second-order valence-corrected chi connectivity index (χ2v) is 13.4. The van der Waals surface area contributed by atoms with Crippen molar-refractivity contribution in [2.24, 2.45) is 0 Å². The fraction of sp³-hybridized carbons (Fsp3) is 0. The normalized spacial score (nSPS) is 11.4. The lowest BCUT2D eigenvalue weighted by Gasteiger charge is -2.26. The van der Waals surface area contributed by atoms with Crippen LogP contribution in [-0.2, 0) is 0 Å². The molecular formula is C50H35N3. The number of hydrogen-bond donors (Lipinski definition) is 0. The standard InChI is InChI=1S/C50H35N3/c1-5-16-36(17-6-1)37-28-31-43(32-29-37)51(40-19-7-2-8-20-40)44-25-15-18-38(34-44)39-30-33-46-48(35-39)53(42-23-11-4-12-24-42)50-49(46)45-26-13-14-27-47(45)52(50)41-21-9-3-10-22-41/h1-35H. The fourth-order valence-electron chi connectivity index (χ4n) is 7.88. The minimum atomic E-state index is 1.10. The first-order chi connectivity index (χ1) is 26.3. The van der Waals surface area contributed by atoms with Crippen molar-refractivity contribution in [3.63, 3.8) is 0 Å². The SMILES string of the molecule is c1ccc(-c2ccc(N(c3ccccc3)c3cccc(-c4ccc5c6c7ccccc7n(-c7ccccc7)c6n(-c6ccccc6)c5c4)c3)cc2)cc1. The van der Waals surface area contributed by atoms with Crippen LogP contribution in [0.15, 0.2) is 212 Å². The molecule has 0 aliphatic heterocycles. The summed E-state index contributed by atoms with van der Waals surface area (Å²) in [6.07, 6.45) is 0. The van der Waals surface area contributed by atoms with Crippen LogP contribution < -0.4 is 4.90 Å². The molecule has 0 unspecified atom stereocenters. The molecule has 8 aromatic carbocycles. The molecule has 10 aromatic rings. The number of anilines is 3. The van der Waals surface area contributed by atoms with E-state index in [0.717, 1.165) is 34.0 Å². The molecule has 0 saturated carbocycles. The first-order valence-corrected chi connectivity index (χ1v) is 18.1. The lowest BCUT2D eigenvalue weighted by Crippen LogP contribution is -2.09. The molecule has 2 aromatic heterocycles. The van der Waals surface area contributed by atoms with Gasteiger partial charge in [0.2, 0.25) is 0 Å². The van der Waals surface area contributed by atoms with E-state index in [-0.39, 0.29) is 0 Å². The number of benzene rings is 8. The summed E-state index contributed by atoms with van der Waals surface area (Å²) in [6.45, 7) is 0. The molecule has 0 saturated heterocycles. The molecule has 3 nitrogen and oxygen atoms in total. The number of fused-ring (bicyclic) bond motifs is 5. The predicted octanol–water partition coefficient (Wildman–Crippen LogP) is 13.5. The molecule has 0 atom stereocenters. The molecule has 10 rings (SSSR count). The molecule has 53 heavy (non-hydrogen) atoms. The first-order valence-electron chi connectivity index (χ1n) is 18.1. The van der Waals surface area contributed by atoms with Crippen molar-refractivity contribution in [1.29, 1.82) is 0 Å². The molecule has 3 heteroatoms. The molecule has 0 radical (unpaired) electrons. The molecule has 0 aliphatic rings. The van der Waals surface area contributed by atoms with Crippen LogP contribution >= 0.6 is 0 Å². The maximum Gasteiger partial charge on any atom is 0.131 e. The van der Waals surface area contributed by atoms with Gasteiger partial charge in [-0.1, -0.05) is 140 Å². The van der Waals surface area contributed by atoms with Crippen molar-refractivity contribution < 1.29 is 0 Å². The van der Waals surface area contributed by atoms with E-state index in [1.54, 1.807) is 0 Å². The summed E-state index contributed by atoms with van der Waals surface area (Å²) in [4.78, 5) is 2.34. The zero-order valence-corrected chi connectivity index (χ0v) is 29.0. The number of rotatable bonds is 7. The van der Waals surface area contributed by atoms with E-state index in [2.05, 4.69) is 226 Å². The van der Waals surface area contributed by atoms with Crippen molar-refractivity contribution in [1.82, 2.24) is 9.13 Å². The van der Waals surface area contributed by atoms with Gasteiger partial charge in [0.25, 0.3) is 0 Å². The highest BCUT2D eigenvalue weighted by Gasteiger charge is 2.22. The smallest absolute Gasteiger partial charge is 0.131 e. The molecule has 250 valence electrons. The van der Waals surface area contributed by atoms with E-state index in [4.69, 9.17) is 0 Å². The van der Waals surface area contributed by atoms with E-state index in [1.165, 1.54) is 49.5 Å². The van der Waals surface area contributed by atoms with Crippen LogP contribution in [0, 0.1) is 0 Å². The zero-order valence-electron chi connectivity index (χ0n) is 29.0. The van der Waals surface area contributed by atoms with Crippen molar-refractivity contribution >= 4 is 49.9 Å². The third kappa shape index (κ3) is 5.30. The molecule has 0 amide bonds. The Hall–Kier alpha value is -7.10. The van der Waals surface area contributed by atoms with Gasteiger partial charge in [0.05, 0.1) is 11.0 Å². The third-order valence-electron chi connectivity index (χ3n) is 10.3. The van der Waals surface area contributed by atoms with Crippen molar-refractivity contribution in [2.75, 3.05) is 4.90 Å². The van der Waals surface area contributed by atoms with Crippen molar-refractivity contribution in [3.8, 4) is 33.6 Å². The van der Waals surface area contributed by atoms with E-state index in [9.17, 15) is 0 Å². The molecule has 0 aliphatic carbocycles. The number of aromatic nitrogens is 2. The maximum atomic E-state index is 2.44. The highest BCUT2D eigenvalue weighted by Crippen LogP contribution is 2.43. The van der Waals surface area contributed by atoms with Crippen LogP contribution in [0.4, 0.5) is 17.1 Å². The van der Waals surface area contributed by atoms with Gasteiger partial charge in [-0.2, -0.15) is 0 Å². The Morgan fingerprint density at radius 2 is 0.774 bits per heavy atom. The Kier molecular flexibility index (Phi) is 7.47. The predicted molar refractivity (Wildman–Crippen MR) is 223 cm³/mol. The van der Waals surface area contributed by atoms with E-state index >= 15 is 0 Å². The van der Waals surface area contributed by atoms with Crippen LogP contribution in [0.3, 0.4) is 0 Å². The Labute approximate surface area is 308 Å². The Balaban J connectivity index is 1.16. The molecule has 0 fully saturated rings. The second-order valence-electron chi connectivity index (χ2n) is 13.4. The van der Waals surface area contributed by atoms with E-state index in [1.807, 2.05) is 0 Å². The van der Waals surface area contributed by atoms with Gasteiger partial charge in [0.1, 0.15) is 5.65 Å². The van der Waals surface area contributed by atoms with Crippen LogP contribution in [-0.4, -0.2) is 9.13 Å². The van der Waals surface area contributed by atoms with Crippen LogP contribution in [0.5, 0.6) is 0 Å². The minimum absolute atomic E-state index is 1.10. The average molecular weight is 678 g/mol. The van der Waals surface area contributed by atoms with Crippen LogP contribution in [0.2, 0.25) is 0 Å². The van der Waals surface area contributed by atoms with E-state index < -0.39 is 0 Å². The Morgan fingerprint density at radius 3 is 1.47 bits per heavy atom. The van der Waals surface area contributed by atoms with Gasteiger partial charge in [-0.15, -0.1) is 0 Å². The van der Waals surface area contributed by atoms with Gasteiger partial charge < -0.3 is 4.90 Å².